The standard InChI is InChI=1S/C12H18N2O4/c1-7(6-14-4-2-3-10(14)15)13-11(16)8-5-9(8)12(17)18/h7-9H,2-6H2,1H3,(H,13,16)(H,17,18)/t7?,8-,9+/m1/s1. The molecule has 2 fully saturated rings. The average molecular weight is 254 g/mol. The number of nitrogens with zero attached hydrogens (tertiary/aromatic N) is 1. The summed E-state index contributed by atoms with van der Waals surface area (Å²) in [5, 5.41) is 11.5. The van der Waals surface area contributed by atoms with Gasteiger partial charge in [0, 0.05) is 25.6 Å². The molecule has 1 heterocycles. The minimum absolute atomic E-state index is 0.130. The molecular formula is C12H18N2O4. The topological polar surface area (TPSA) is 86.7 Å². The third kappa shape index (κ3) is 2.80. The van der Waals surface area contributed by atoms with Gasteiger partial charge in [-0.05, 0) is 19.8 Å². The first-order valence-corrected chi connectivity index (χ1v) is 6.30. The van der Waals surface area contributed by atoms with Crippen LogP contribution in [0.2, 0.25) is 0 Å². The molecule has 2 amide bonds. The first kappa shape index (κ1) is 12.9. The SMILES string of the molecule is CC(CN1CCCC1=O)NC(=O)[C@@H]1C[C@@H]1C(=O)O. The number of nitrogens with one attached hydrogen (secondary N) is 1. The first-order valence-electron chi connectivity index (χ1n) is 6.30. The molecule has 0 spiro atoms. The van der Waals surface area contributed by atoms with Gasteiger partial charge in [0.2, 0.25) is 11.8 Å². The molecule has 1 saturated heterocycles. The van der Waals surface area contributed by atoms with Crippen LogP contribution in [0.1, 0.15) is 26.2 Å². The van der Waals surface area contributed by atoms with Gasteiger partial charge in [-0.15, -0.1) is 0 Å². The quantitative estimate of drug-likeness (QED) is 0.713. The highest BCUT2D eigenvalue weighted by Crippen LogP contribution is 2.38. The van der Waals surface area contributed by atoms with E-state index in [1.165, 1.54) is 0 Å². The van der Waals surface area contributed by atoms with Gasteiger partial charge in [-0.1, -0.05) is 0 Å². The smallest absolute Gasteiger partial charge is 0.307 e. The third-order valence-electron chi connectivity index (χ3n) is 3.50. The van der Waals surface area contributed by atoms with Crippen molar-refractivity contribution in [2.45, 2.75) is 32.2 Å². The van der Waals surface area contributed by atoms with Gasteiger partial charge < -0.3 is 15.3 Å². The van der Waals surface area contributed by atoms with Crippen LogP contribution in [0, 0.1) is 11.8 Å². The molecule has 0 bridgehead atoms. The summed E-state index contributed by atoms with van der Waals surface area (Å²) in [5.74, 6) is -1.89. The summed E-state index contributed by atoms with van der Waals surface area (Å²) in [7, 11) is 0. The van der Waals surface area contributed by atoms with Crippen molar-refractivity contribution >= 4 is 17.8 Å². The molecule has 2 rings (SSSR count). The van der Waals surface area contributed by atoms with Gasteiger partial charge in [-0.2, -0.15) is 0 Å². The van der Waals surface area contributed by atoms with Crippen molar-refractivity contribution in [1.29, 1.82) is 0 Å². The fourth-order valence-corrected chi connectivity index (χ4v) is 2.38. The van der Waals surface area contributed by atoms with Crippen molar-refractivity contribution in [3.05, 3.63) is 0 Å². The van der Waals surface area contributed by atoms with Gasteiger partial charge in [0.25, 0.3) is 0 Å². The fraction of sp³-hybridized carbons (Fsp3) is 0.750. The van der Waals surface area contributed by atoms with Crippen molar-refractivity contribution < 1.29 is 19.5 Å². The molecule has 0 aromatic heterocycles. The van der Waals surface area contributed by atoms with E-state index in [2.05, 4.69) is 5.32 Å². The highest BCUT2D eigenvalue weighted by Gasteiger charge is 2.48. The molecule has 100 valence electrons. The van der Waals surface area contributed by atoms with Crippen molar-refractivity contribution in [1.82, 2.24) is 10.2 Å². The van der Waals surface area contributed by atoms with E-state index in [9.17, 15) is 14.4 Å². The second kappa shape index (κ2) is 4.96. The van der Waals surface area contributed by atoms with Gasteiger partial charge >= 0.3 is 5.97 Å². The van der Waals surface area contributed by atoms with Crippen molar-refractivity contribution in [2.24, 2.45) is 11.8 Å². The van der Waals surface area contributed by atoms with E-state index < -0.39 is 11.9 Å². The maximum atomic E-state index is 11.7. The molecule has 2 N–H and O–H groups in total. The second-order valence-corrected chi connectivity index (χ2v) is 5.14. The van der Waals surface area contributed by atoms with E-state index in [0.717, 1.165) is 13.0 Å². The summed E-state index contributed by atoms with van der Waals surface area (Å²) >= 11 is 0. The predicted molar refractivity (Wildman–Crippen MR) is 62.7 cm³/mol. The second-order valence-electron chi connectivity index (χ2n) is 5.14. The highest BCUT2D eigenvalue weighted by atomic mass is 16.4. The summed E-state index contributed by atoms with van der Waals surface area (Å²) in [6, 6.07) is -0.130. The molecule has 6 heteroatoms. The normalized spacial score (nSPS) is 28.1. The summed E-state index contributed by atoms with van der Waals surface area (Å²) in [6.07, 6.45) is 1.89. The molecule has 6 nitrogen and oxygen atoms in total. The molecule has 0 aromatic carbocycles. The number of rotatable bonds is 5. The van der Waals surface area contributed by atoms with Crippen molar-refractivity contribution in [3.63, 3.8) is 0 Å². The van der Waals surface area contributed by atoms with E-state index in [1.54, 1.807) is 4.90 Å². The number of hydrogen-bond acceptors (Lipinski definition) is 3. The van der Waals surface area contributed by atoms with Crippen LogP contribution in [0.5, 0.6) is 0 Å². The minimum Gasteiger partial charge on any atom is -0.481 e. The monoisotopic (exact) mass is 254 g/mol. The van der Waals surface area contributed by atoms with Crippen LogP contribution in [-0.2, 0) is 14.4 Å². The largest absolute Gasteiger partial charge is 0.481 e. The van der Waals surface area contributed by atoms with Crippen LogP contribution >= 0.6 is 0 Å². The van der Waals surface area contributed by atoms with Gasteiger partial charge in [0.15, 0.2) is 0 Å². The Labute approximate surface area is 105 Å². The first-order chi connectivity index (χ1) is 8.49. The van der Waals surface area contributed by atoms with Crippen LogP contribution in [0.4, 0.5) is 0 Å². The summed E-state index contributed by atoms with van der Waals surface area (Å²) in [5.41, 5.74) is 0. The number of hydrogen-bond donors (Lipinski definition) is 2. The number of carbonyl (C=O) groups is 3. The number of likely N-dealkylation sites (tertiary alicyclic amines) is 1. The molecule has 1 unspecified atom stereocenters. The molecule has 1 aliphatic heterocycles. The Balaban J connectivity index is 1.74. The maximum Gasteiger partial charge on any atom is 0.307 e. The van der Waals surface area contributed by atoms with E-state index in [1.807, 2.05) is 6.92 Å². The minimum atomic E-state index is -0.905. The molecule has 1 aliphatic carbocycles. The van der Waals surface area contributed by atoms with Gasteiger partial charge in [-0.3, -0.25) is 14.4 Å². The van der Waals surface area contributed by atoms with Crippen LogP contribution in [-0.4, -0.2) is 46.9 Å². The van der Waals surface area contributed by atoms with Gasteiger partial charge in [0.05, 0.1) is 11.8 Å². The van der Waals surface area contributed by atoms with E-state index in [4.69, 9.17) is 5.11 Å². The van der Waals surface area contributed by atoms with Crippen LogP contribution in [0.25, 0.3) is 0 Å². The van der Waals surface area contributed by atoms with E-state index in [-0.39, 0.29) is 23.8 Å². The number of carboxylic acid groups (broad SMARTS) is 1. The Morgan fingerprint density at radius 1 is 1.50 bits per heavy atom. The zero-order valence-corrected chi connectivity index (χ0v) is 10.4. The van der Waals surface area contributed by atoms with E-state index in [0.29, 0.717) is 19.4 Å². The summed E-state index contributed by atoms with van der Waals surface area (Å²) in [6.45, 7) is 3.09. The lowest BCUT2D eigenvalue weighted by molar-refractivity contribution is -0.140. The number of amides is 2. The zero-order chi connectivity index (χ0) is 13.3. The lowest BCUT2D eigenvalue weighted by atomic mass is 10.2. The Morgan fingerprint density at radius 2 is 2.22 bits per heavy atom. The number of carboxylic acids is 1. The number of aliphatic carboxylic acids is 1. The molecular weight excluding hydrogens is 236 g/mol. The lowest BCUT2D eigenvalue weighted by Crippen LogP contribution is -2.43. The van der Waals surface area contributed by atoms with Crippen molar-refractivity contribution in [2.75, 3.05) is 13.1 Å². The average Bonchev–Trinajstić information content (AvgIpc) is 3.00. The third-order valence-corrected chi connectivity index (χ3v) is 3.50. The Hall–Kier alpha value is -1.59. The zero-order valence-electron chi connectivity index (χ0n) is 10.4. The van der Waals surface area contributed by atoms with Gasteiger partial charge in [0.1, 0.15) is 0 Å². The fourth-order valence-electron chi connectivity index (χ4n) is 2.38. The number of carbonyl (C=O) groups excluding carboxylic acids is 2. The van der Waals surface area contributed by atoms with Crippen LogP contribution in [0.15, 0.2) is 0 Å². The Kier molecular flexibility index (Phi) is 3.54. The Bertz CT molecular complexity index is 382. The van der Waals surface area contributed by atoms with Gasteiger partial charge in [-0.25, -0.2) is 0 Å². The lowest BCUT2D eigenvalue weighted by Gasteiger charge is -2.21. The van der Waals surface area contributed by atoms with Crippen molar-refractivity contribution in [3.8, 4) is 0 Å². The molecule has 0 aromatic rings. The maximum absolute atomic E-state index is 11.7. The molecule has 1 saturated carbocycles. The molecule has 2 aliphatic rings. The predicted octanol–water partition coefficient (Wildman–Crippen LogP) is -0.166. The molecule has 0 radical (unpaired) electrons. The summed E-state index contributed by atoms with van der Waals surface area (Å²) in [4.78, 5) is 35.5. The molecule has 3 atom stereocenters. The summed E-state index contributed by atoms with van der Waals surface area (Å²) < 4.78 is 0. The van der Waals surface area contributed by atoms with Crippen LogP contribution in [0.3, 0.4) is 0 Å². The van der Waals surface area contributed by atoms with Crippen LogP contribution < -0.4 is 5.32 Å². The molecule has 18 heavy (non-hydrogen) atoms. The highest BCUT2D eigenvalue weighted by molar-refractivity contribution is 5.89. The Morgan fingerprint density at radius 3 is 2.72 bits per heavy atom. The van der Waals surface area contributed by atoms with E-state index >= 15 is 0 Å².